The van der Waals surface area contributed by atoms with Gasteiger partial charge in [-0.05, 0) is 117 Å². The van der Waals surface area contributed by atoms with Crippen LogP contribution in [0.15, 0.2) is 11.3 Å². The molecule has 0 aromatic heterocycles. The molecule has 9 fully saturated rings. The van der Waals surface area contributed by atoms with Gasteiger partial charge in [-0.1, -0.05) is 0 Å². The molecule has 0 N–H and O–H groups in total. The number of rotatable bonds is 1. The highest BCUT2D eigenvalue weighted by molar-refractivity contribution is 5.28. The van der Waals surface area contributed by atoms with Crippen molar-refractivity contribution >= 4 is 0 Å². The summed E-state index contributed by atoms with van der Waals surface area (Å²) in [5, 5.41) is 0. The number of hydrogen-bond donors (Lipinski definition) is 0. The highest BCUT2D eigenvalue weighted by Crippen LogP contribution is 2.62. The summed E-state index contributed by atoms with van der Waals surface area (Å²) in [6.07, 6.45) is 15.3. The van der Waals surface area contributed by atoms with Gasteiger partial charge in [-0.25, -0.2) is 0 Å². The van der Waals surface area contributed by atoms with Gasteiger partial charge in [0.15, 0.2) is 11.9 Å². The summed E-state index contributed by atoms with van der Waals surface area (Å²) < 4.78 is 0. The first kappa shape index (κ1) is 13.7. The molecule has 0 amide bonds. The molecule has 0 spiro atoms. The van der Waals surface area contributed by atoms with Gasteiger partial charge in [0, 0.05) is 5.92 Å². The van der Waals surface area contributed by atoms with E-state index in [1.165, 1.54) is 63.5 Å². The fraction of sp³-hybridized carbons (Fsp3) is 0.909. The van der Waals surface area contributed by atoms with Gasteiger partial charge in [0.2, 0.25) is 0 Å². The second kappa shape index (κ2) is 4.61. The molecule has 1 saturated heterocycles. The first-order valence-corrected chi connectivity index (χ1v) is 10.9. The summed E-state index contributed by atoms with van der Waals surface area (Å²) in [5.41, 5.74) is 1.76. The SMILES string of the molecule is C1C2CC3CC1CC(C2)C3=C1OOC1C1C2CC3CC(C2)CC1C3. The molecule has 1 heterocycles. The maximum absolute atomic E-state index is 5.87. The van der Waals surface area contributed by atoms with Crippen molar-refractivity contribution in [2.75, 3.05) is 0 Å². The van der Waals surface area contributed by atoms with E-state index in [9.17, 15) is 0 Å². The quantitative estimate of drug-likeness (QED) is 0.624. The molecule has 8 bridgehead atoms. The molecule has 0 aromatic carbocycles. The lowest BCUT2D eigenvalue weighted by Gasteiger charge is -2.58. The molecule has 9 rings (SSSR count). The standard InChI is InChI=1S/C22H30O2/c1-11-3-15-5-12(1)6-16(4-11)19(15)21-22(24-23-21)20-17-7-13-2-14(9-17)10-18(20)8-13/h11-19,21H,1-10H2. The van der Waals surface area contributed by atoms with Crippen molar-refractivity contribution in [3.8, 4) is 0 Å². The van der Waals surface area contributed by atoms with Crippen molar-refractivity contribution in [3.05, 3.63) is 11.3 Å². The van der Waals surface area contributed by atoms with Crippen LogP contribution in [0.25, 0.3) is 0 Å². The van der Waals surface area contributed by atoms with Crippen molar-refractivity contribution < 1.29 is 9.78 Å². The van der Waals surface area contributed by atoms with Gasteiger partial charge in [-0.15, -0.1) is 0 Å². The number of hydrogen-bond acceptors (Lipinski definition) is 2. The van der Waals surface area contributed by atoms with E-state index in [4.69, 9.17) is 9.78 Å². The third kappa shape index (κ3) is 1.72. The molecule has 2 nitrogen and oxygen atoms in total. The first-order chi connectivity index (χ1) is 11.8. The fourth-order valence-electron chi connectivity index (χ4n) is 9.16. The van der Waals surface area contributed by atoms with E-state index >= 15 is 0 Å². The van der Waals surface area contributed by atoms with Gasteiger partial charge >= 0.3 is 0 Å². The molecule has 0 radical (unpaired) electrons. The largest absolute Gasteiger partial charge is 0.338 e. The Kier molecular flexibility index (Phi) is 2.63. The van der Waals surface area contributed by atoms with E-state index < -0.39 is 0 Å². The zero-order valence-electron chi connectivity index (χ0n) is 14.7. The zero-order chi connectivity index (χ0) is 15.4. The summed E-state index contributed by atoms with van der Waals surface area (Å²) in [6, 6.07) is 0. The Morgan fingerprint density at radius 2 is 1.08 bits per heavy atom. The normalized spacial score (nSPS) is 59.7. The smallest absolute Gasteiger partial charge is 0.175 e. The lowest BCUT2D eigenvalue weighted by Crippen LogP contribution is -2.54. The molecular formula is C22H30O2. The number of allylic oxidation sites excluding steroid dienone is 1. The van der Waals surface area contributed by atoms with Crippen LogP contribution in [0.2, 0.25) is 0 Å². The van der Waals surface area contributed by atoms with Crippen LogP contribution in [0, 0.1) is 53.3 Å². The van der Waals surface area contributed by atoms with Gasteiger partial charge in [0.25, 0.3) is 0 Å². The molecule has 1 aliphatic heterocycles. The summed E-state index contributed by atoms with van der Waals surface area (Å²) in [6.45, 7) is 0. The average Bonchev–Trinajstić information content (AvgIpc) is 2.51. The van der Waals surface area contributed by atoms with Crippen molar-refractivity contribution in [3.63, 3.8) is 0 Å². The molecule has 2 heteroatoms. The molecule has 1 atom stereocenters. The first-order valence-electron chi connectivity index (χ1n) is 10.9. The zero-order valence-corrected chi connectivity index (χ0v) is 14.7. The molecule has 8 saturated carbocycles. The molecular weight excluding hydrogens is 296 g/mol. The second-order valence-electron chi connectivity index (χ2n) is 10.7. The Morgan fingerprint density at radius 1 is 0.583 bits per heavy atom. The Labute approximate surface area is 145 Å². The fourth-order valence-corrected chi connectivity index (χ4v) is 9.16. The lowest BCUT2D eigenvalue weighted by atomic mass is 9.50. The minimum Gasteiger partial charge on any atom is -0.338 e. The van der Waals surface area contributed by atoms with Gasteiger partial charge in [-0.2, -0.15) is 4.89 Å². The van der Waals surface area contributed by atoms with E-state index in [0.717, 1.165) is 53.3 Å². The summed E-state index contributed by atoms with van der Waals surface area (Å²) in [4.78, 5) is 11.7. The van der Waals surface area contributed by atoms with Crippen molar-refractivity contribution in [2.24, 2.45) is 53.3 Å². The molecule has 0 aromatic rings. The van der Waals surface area contributed by atoms with Crippen LogP contribution in [0.1, 0.15) is 64.2 Å². The Balaban J connectivity index is 1.23. The van der Waals surface area contributed by atoms with Crippen LogP contribution in [-0.2, 0) is 9.78 Å². The van der Waals surface area contributed by atoms with Gasteiger partial charge < -0.3 is 4.89 Å². The molecule has 9 aliphatic rings. The van der Waals surface area contributed by atoms with Crippen LogP contribution >= 0.6 is 0 Å². The van der Waals surface area contributed by atoms with Crippen LogP contribution in [0.4, 0.5) is 0 Å². The lowest BCUT2D eigenvalue weighted by molar-refractivity contribution is -0.401. The third-order valence-corrected chi connectivity index (χ3v) is 9.45. The van der Waals surface area contributed by atoms with Gasteiger partial charge in [0.1, 0.15) is 0 Å². The van der Waals surface area contributed by atoms with Crippen LogP contribution in [0.3, 0.4) is 0 Å². The van der Waals surface area contributed by atoms with Gasteiger partial charge in [0.05, 0.1) is 0 Å². The van der Waals surface area contributed by atoms with E-state index in [1.54, 1.807) is 12.0 Å². The van der Waals surface area contributed by atoms with E-state index in [2.05, 4.69) is 0 Å². The topological polar surface area (TPSA) is 18.5 Å². The maximum atomic E-state index is 5.87. The monoisotopic (exact) mass is 326 g/mol. The molecule has 130 valence electrons. The van der Waals surface area contributed by atoms with Crippen molar-refractivity contribution in [1.82, 2.24) is 0 Å². The average molecular weight is 326 g/mol. The second-order valence-corrected chi connectivity index (χ2v) is 10.7. The minimum atomic E-state index is 0.354. The predicted octanol–water partition coefficient (Wildman–Crippen LogP) is 5.10. The summed E-state index contributed by atoms with van der Waals surface area (Å²) >= 11 is 0. The molecule has 8 aliphatic carbocycles. The van der Waals surface area contributed by atoms with E-state index in [-0.39, 0.29) is 0 Å². The van der Waals surface area contributed by atoms with E-state index in [1.807, 2.05) is 0 Å². The Bertz CT molecular complexity index is 547. The van der Waals surface area contributed by atoms with Crippen LogP contribution < -0.4 is 0 Å². The van der Waals surface area contributed by atoms with Crippen molar-refractivity contribution in [1.29, 1.82) is 0 Å². The maximum Gasteiger partial charge on any atom is 0.175 e. The van der Waals surface area contributed by atoms with E-state index in [0.29, 0.717) is 6.10 Å². The summed E-state index contributed by atoms with van der Waals surface area (Å²) in [5.74, 6) is 9.97. The highest BCUT2D eigenvalue weighted by Gasteiger charge is 2.57. The predicted molar refractivity (Wildman–Crippen MR) is 90.6 cm³/mol. The summed E-state index contributed by atoms with van der Waals surface area (Å²) in [7, 11) is 0. The van der Waals surface area contributed by atoms with Crippen LogP contribution in [0.5, 0.6) is 0 Å². The van der Waals surface area contributed by atoms with Gasteiger partial charge in [-0.3, -0.25) is 0 Å². The third-order valence-electron chi connectivity index (χ3n) is 9.45. The molecule has 1 unspecified atom stereocenters. The molecule has 24 heavy (non-hydrogen) atoms. The highest BCUT2D eigenvalue weighted by atomic mass is 17.2. The Hall–Kier alpha value is -0.500. The Morgan fingerprint density at radius 3 is 1.54 bits per heavy atom. The minimum absolute atomic E-state index is 0.354. The van der Waals surface area contributed by atoms with Crippen LogP contribution in [-0.4, -0.2) is 6.10 Å². The van der Waals surface area contributed by atoms with Crippen molar-refractivity contribution in [2.45, 2.75) is 70.3 Å².